The van der Waals surface area contributed by atoms with Crippen LogP contribution in [-0.4, -0.2) is 44.0 Å². The molecular weight excluding hydrogens is 313 g/mol. The van der Waals surface area contributed by atoms with Crippen molar-refractivity contribution in [1.29, 1.82) is 0 Å². The Morgan fingerprint density at radius 1 is 1.52 bits per heavy atom. The van der Waals surface area contributed by atoms with Gasteiger partial charge in [-0.25, -0.2) is 14.0 Å². The molecule has 4 atom stereocenters. The van der Waals surface area contributed by atoms with Crippen LogP contribution < -0.4 is 11.2 Å². The molecule has 1 aromatic rings. The molecule has 9 nitrogen and oxygen atoms in total. The van der Waals surface area contributed by atoms with Gasteiger partial charge in [0.2, 0.25) is 5.82 Å². The molecule has 1 aromatic heterocycles. The smallest absolute Gasteiger partial charge is 0.352 e. The number of rotatable bonds is 5. The standard InChI is InChI=1S/C13H18FN3O6/c1-3-4-8(18)23-16-11-7(14)5-17(13(21)15-11)12-10(20)9(19)6(2)22-12/h5-6,9-10,12,19-20H,3-4H2,1-2H3,(H,15,16,21)/t6-,9-,10-,12-/m1/s1. The first-order valence-corrected chi connectivity index (χ1v) is 7.11. The average Bonchev–Trinajstić information content (AvgIpc) is 2.75. The van der Waals surface area contributed by atoms with Gasteiger partial charge >= 0.3 is 11.7 Å². The zero-order valence-electron chi connectivity index (χ0n) is 12.6. The van der Waals surface area contributed by atoms with E-state index >= 15 is 0 Å². The highest BCUT2D eigenvalue weighted by molar-refractivity contribution is 5.70. The largest absolute Gasteiger partial charge is 0.388 e. The maximum atomic E-state index is 14.0. The van der Waals surface area contributed by atoms with Crippen LogP contribution >= 0.6 is 0 Å². The van der Waals surface area contributed by atoms with Gasteiger partial charge in [0.1, 0.15) is 12.2 Å². The number of aliphatic hydroxyl groups excluding tert-OH is 2. The molecule has 128 valence electrons. The summed E-state index contributed by atoms with van der Waals surface area (Å²) >= 11 is 0. The highest BCUT2D eigenvalue weighted by Gasteiger charge is 2.42. The number of aromatic nitrogens is 2. The van der Waals surface area contributed by atoms with Crippen molar-refractivity contribution in [2.75, 3.05) is 5.48 Å². The fourth-order valence-corrected chi connectivity index (χ4v) is 2.12. The zero-order chi connectivity index (χ0) is 17.1. The molecule has 0 bridgehead atoms. The van der Waals surface area contributed by atoms with Gasteiger partial charge in [0.25, 0.3) is 0 Å². The SMILES string of the molecule is CCCC(=O)ONc1nc(=O)n([C@@H]2O[C@H](C)[C@@H](O)[C@H]2O)cc1F. The third kappa shape index (κ3) is 3.66. The Morgan fingerprint density at radius 3 is 2.78 bits per heavy atom. The van der Waals surface area contributed by atoms with Gasteiger partial charge in [-0.05, 0) is 13.3 Å². The summed E-state index contributed by atoms with van der Waals surface area (Å²) in [6.45, 7) is 3.27. The summed E-state index contributed by atoms with van der Waals surface area (Å²) in [6, 6.07) is 0. The molecule has 0 amide bonds. The normalized spacial score (nSPS) is 27.0. The highest BCUT2D eigenvalue weighted by Crippen LogP contribution is 2.28. The van der Waals surface area contributed by atoms with Gasteiger partial charge in [0.05, 0.1) is 12.3 Å². The van der Waals surface area contributed by atoms with Crippen molar-refractivity contribution in [1.82, 2.24) is 9.55 Å². The molecule has 1 aliphatic heterocycles. The summed E-state index contributed by atoms with van der Waals surface area (Å²) in [5.74, 6) is -2.17. The minimum absolute atomic E-state index is 0.129. The third-order valence-electron chi connectivity index (χ3n) is 3.37. The lowest BCUT2D eigenvalue weighted by Gasteiger charge is -2.17. The van der Waals surface area contributed by atoms with E-state index < -0.39 is 47.8 Å². The predicted molar refractivity (Wildman–Crippen MR) is 74.7 cm³/mol. The summed E-state index contributed by atoms with van der Waals surface area (Å²) in [4.78, 5) is 31.1. The van der Waals surface area contributed by atoms with Crippen molar-refractivity contribution in [3.8, 4) is 0 Å². The van der Waals surface area contributed by atoms with Crippen LogP contribution in [0.15, 0.2) is 11.0 Å². The van der Waals surface area contributed by atoms with E-state index in [1.54, 1.807) is 6.92 Å². The fraction of sp³-hybridized carbons (Fsp3) is 0.615. The van der Waals surface area contributed by atoms with E-state index in [-0.39, 0.29) is 6.42 Å². The predicted octanol–water partition coefficient (Wildman–Crippen LogP) is -0.308. The molecule has 1 saturated heterocycles. The Bertz CT molecular complexity index is 637. The van der Waals surface area contributed by atoms with Crippen molar-refractivity contribution >= 4 is 11.8 Å². The van der Waals surface area contributed by atoms with Crippen LogP contribution in [0.2, 0.25) is 0 Å². The van der Waals surface area contributed by atoms with Crippen LogP contribution in [0.25, 0.3) is 0 Å². The number of carbonyl (C=O) groups is 1. The van der Waals surface area contributed by atoms with Crippen LogP contribution in [0.5, 0.6) is 0 Å². The Balaban J connectivity index is 2.18. The number of nitrogens with zero attached hydrogens (tertiary/aromatic N) is 2. The molecule has 2 heterocycles. The van der Waals surface area contributed by atoms with Gasteiger partial charge in [0, 0.05) is 6.42 Å². The molecule has 2 rings (SSSR count). The second kappa shape index (κ2) is 7.02. The van der Waals surface area contributed by atoms with E-state index in [1.165, 1.54) is 6.92 Å². The Labute approximate surface area is 130 Å². The molecule has 1 aliphatic rings. The molecule has 0 saturated carbocycles. The summed E-state index contributed by atoms with van der Waals surface area (Å²) < 4.78 is 19.9. The van der Waals surface area contributed by atoms with E-state index in [4.69, 9.17) is 4.74 Å². The van der Waals surface area contributed by atoms with E-state index in [2.05, 4.69) is 9.82 Å². The van der Waals surface area contributed by atoms with E-state index in [1.807, 2.05) is 5.48 Å². The fourth-order valence-electron chi connectivity index (χ4n) is 2.12. The molecule has 10 heteroatoms. The molecule has 3 N–H and O–H groups in total. The molecule has 0 unspecified atom stereocenters. The molecule has 1 fully saturated rings. The summed E-state index contributed by atoms with van der Waals surface area (Å²) in [5.41, 5.74) is 1.04. The maximum Gasteiger partial charge on any atom is 0.352 e. The number of aliphatic hydroxyl groups is 2. The molecule has 0 aliphatic carbocycles. The summed E-state index contributed by atoms with van der Waals surface area (Å²) in [5, 5.41) is 19.5. The van der Waals surface area contributed by atoms with Crippen molar-refractivity contribution < 1.29 is 29.0 Å². The summed E-state index contributed by atoms with van der Waals surface area (Å²) in [7, 11) is 0. The van der Waals surface area contributed by atoms with Crippen LogP contribution in [0, 0.1) is 5.82 Å². The van der Waals surface area contributed by atoms with E-state index in [9.17, 15) is 24.2 Å². The topological polar surface area (TPSA) is 123 Å². The Morgan fingerprint density at radius 2 is 2.22 bits per heavy atom. The Hall–Kier alpha value is -2.04. The lowest BCUT2D eigenvalue weighted by molar-refractivity contribution is -0.140. The van der Waals surface area contributed by atoms with Crippen LogP contribution in [0.1, 0.15) is 32.9 Å². The van der Waals surface area contributed by atoms with Gasteiger partial charge in [-0.15, -0.1) is 0 Å². The highest BCUT2D eigenvalue weighted by atomic mass is 19.1. The summed E-state index contributed by atoms with van der Waals surface area (Å²) in [6.07, 6.45) is -3.15. The Kier molecular flexibility index (Phi) is 5.29. The second-order valence-electron chi connectivity index (χ2n) is 5.17. The van der Waals surface area contributed by atoms with Crippen molar-refractivity contribution in [2.24, 2.45) is 0 Å². The number of anilines is 1. The first kappa shape index (κ1) is 17.3. The van der Waals surface area contributed by atoms with Crippen LogP contribution in [-0.2, 0) is 14.4 Å². The second-order valence-corrected chi connectivity index (χ2v) is 5.17. The molecule has 0 spiro atoms. The van der Waals surface area contributed by atoms with E-state index in [0.29, 0.717) is 6.42 Å². The minimum atomic E-state index is -1.40. The minimum Gasteiger partial charge on any atom is -0.388 e. The van der Waals surface area contributed by atoms with Crippen molar-refractivity contribution in [2.45, 2.75) is 51.2 Å². The van der Waals surface area contributed by atoms with E-state index in [0.717, 1.165) is 10.8 Å². The van der Waals surface area contributed by atoms with Crippen molar-refractivity contribution in [3.05, 3.63) is 22.5 Å². The molecular formula is C13H18FN3O6. The van der Waals surface area contributed by atoms with Gasteiger partial charge in [-0.3, -0.25) is 4.57 Å². The van der Waals surface area contributed by atoms with Crippen molar-refractivity contribution in [3.63, 3.8) is 0 Å². The number of hydrogen-bond donors (Lipinski definition) is 3. The number of ether oxygens (including phenoxy) is 1. The lowest BCUT2D eigenvalue weighted by atomic mass is 10.1. The zero-order valence-corrected chi connectivity index (χ0v) is 12.6. The molecule has 23 heavy (non-hydrogen) atoms. The molecule has 0 radical (unpaired) electrons. The lowest BCUT2D eigenvalue weighted by Crippen LogP contribution is -2.36. The van der Waals surface area contributed by atoms with Crippen LogP contribution in [0.4, 0.5) is 10.2 Å². The third-order valence-corrected chi connectivity index (χ3v) is 3.37. The molecule has 0 aromatic carbocycles. The quantitative estimate of drug-likeness (QED) is 0.628. The first-order chi connectivity index (χ1) is 10.8. The van der Waals surface area contributed by atoms with Crippen LogP contribution in [0.3, 0.4) is 0 Å². The van der Waals surface area contributed by atoms with Gasteiger partial charge in [-0.1, -0.05) is 6.92 Å². The maximum absolute atomic E-state index is 14.0. The number of carbonyl (C=O) groups excluding carboxylic acids is 1. The average molecular weight is 331 g/mol. The van der Waals surface area contributed by atoms with Gasteiger partial charge in [0.15, 0.2) is 12.0 Å². The first-order valence-electron chi connectivity index (χ1n) is 7.11. The monoisotopic (exact) mass is 331 g/mol. The number of nitrogens with one attached hydrogen (secondary N) is 1. The number of hydrogen-bond acceptors (Lipinski definition) is 8. The van der Waals surface area contributed by atoms with Gasteiger partial charge in [-0.2, -0.15) is 10.5 Å². The number of halogens is 1. The van der Waals surface area contributed by atoms with Gasteiger partial charge < -0.3 is 19.8 Å².